The smallest absolute Gasteiger partial charge is 0.332 e. The predicted octanol–water partition coefficient (Wildman–Crippen LogP) is 2.66. The summed E-state index contributed by atoms with van der Waals surface area (Å²) >= 11 is 0. The van der Waals surface area contributed by atoms with E-state index in [1.807, 2.05) is 34.6 Å². The highest BCUT2D eigenvalue weighted by molar-refractivity contribution is 6.03. The molecule has 0 amide bonds. The predicted molar refractivity (Wildman–Crippen MR) is 59.6 cm³/mol. The Morgan fingerprint density at radius 3 is 1.60 bits per heavy atom. The normalized spacial score (nSPS) is 13.8. The molecule has 0 spiro atoms. The molecule has 3 heteroatoms. The van der Waals surface area contributed by atoms with Gasteiger partial charge in [-0.2, -0.15) is 0 Å². The molecule has 0 aliphatic carbocycles. The SMILES string of the molecule is CC(=O)/C(=C(\C(=O)O)C(C)(C)C)C(C)C. The lowest BCUT2D eigenvalue weighted by atomic mass is 9.79. The van der Waals surface area contributed by atoms with Crippen LogP contribution in [0, 0.1) is 11.3 Å². The molecule has 3 nitrogen and oxygen atoms in total. The summed E-state index contributed by atoms with van der Waals surface area (Å²) in [6.07, 6.45) is 0. The van der Waals surface area contributed by atoms with Crippen molar-refractivity contribution < 1.29 is 14.7 Å². The van der Waals surface area contributed by atoms with Crippen LogP contribution < -0.4 is 0 Å². The van der Waals surface area contributed by atoms with E-state index in [0.717, 1.165) is 0 Å². The summed E-state index contributed by atoms with van der Waals surface area (Å²) in [6.45, 7) is 10.5. The lowest BCUT2D eigenvalue weighted by Gasteiger charge is -2.24. The van der Waals surface area contributed by atoms with Crippen LogP contribution in [-0.2, 0) is 9.59 Å². The van der Waals surface area contributed by atoms with Crippen LogP contribution in [0.3, 0.4) is 0 Å². The van der Waals surface area contributed by atoms with Gasteiger partial charge in [-0.1, -0.05) is 34.6 Å². The monoisotopic (exact) mass is 212 g/mol. The molecule has 86 valence electrons. The zero-order valence-corrected chi connectivity index (χ0v) is 10.3. The van der Waals surface area contributed by atoms with Crippen LogP contribution in [0.1, 0.15) is 41.5 Å². The van der Waals surface area contributed by atoms with Gasteiger partial charge in [0.25, 0.3) is 0 Å². The van der Waals surface area contributed by atoms with Crippen molar-refractivity contribution in [1.82, 2.24) is 0 Å². The van der Waals surface area contributed by atoms with Crippen molar-refractivity contribution in [2.75, 3.05) is 0 Å². The maximum Gasteiger partial charge on any atom is 0.332 e. The summed E-state index contributed by atoms with van der Waals surface area (Å²) in [7, 11) is 0. The summed E-state index contributed by atoms with van der Waals surface area (Å²) in [5.41, 5.74) is 0.136. The van der Waals surface area contributed by atoms with Gasteiger partial charge in [-0.3, -0.25) is 4.79 Å². The van der Waals surface area contributed by atoms with Gasteiger partial charge in [0, 0.05) is 11.1 Å². The lowest BCUT2D eigenvalue weighted by Crippen LogP contribution is -2.24. The van der Waals surface area contributed by atoms with E-state index in [0.29, 0.717) is 5.57 Å². The lowest BCUT2D eigenvalue weighted by molar-refractivity contribution is -0.134. The Bertz CT molecular complexity index is 303. The maximum absolute atomic E-state index is 11.5. The van der Waals surface area contributed by atoms with Crippen molar-refractivity contribution in [2.24, 2.45) is 11.3 Å². The largest absolute Gasteiger partial charge is 0.478 e. The van der Waals surface area contributed by atoms with Gasteiger partial charge in [0.1, 0.15) is 0 Å². The zero-order valence-electron chi connectivity index (χ0n) is 10.3. The molecule has 15 heavy (non-hydrogen) atoms. The van der Waals surface area contributed by atoms with Crippen LogP contribution >= 0.6 is 0 Å². The number of Topliss-reactive ketones (excluding diaryl/α,β-unsaturated/α-hetero) is 1. The molecule has 1 N–H and O–H groups in total. The third kappa shape index (κ3) is 3.50. The van der Waals surface area contributed by atoms with Crippen molar-refractivity contribution in [3.8, 4) is 0 Å². The molecule has 0 saturated heterocycles. The van der Waals surface area contributed by atoms with E-state index >= 15 is 0 Å². The fourth-order valence-corrected chi connectivity index (χ4v) is 1.71. The third-order valence-electron chi connectivity index (χ3n) is 2.19. The summed E-state index contributed by atoms with van der Waals surface area (Å²) in [4.78, 5) is 22.6. The summed E-state index contributed by atoms with van der Waals surface area (Å²) in [5, 5.41) is 9.17. The highest BCUT2D eigenvalue weighted by atomic mass is 16.4. The quantitative estimate of drug-likeness (QED) is 0.732. The first-order valence-corrected chi connectivity index (χ1v) is 5.08. The number of hydrogen-bond acceptors (Lipinski definition) is 2. The van der Waals surface area contributed by atoms with Crippen molar-refractivity contribution in [2.45, 2.75) is 41.5 Å². The van der Waals surface area contributed by atoms with Crippen molar-refractivity contribution in [3.63, 3.8) is 0 Å². The number of ketones is 1. The van der Waals surface area contributed by atoms with Crippen LogP contribution in [0.15, 0.2) is 11.1 Å². The van der Waals surface area contributed by atoms with Gasteiger partial charge in [0.15, 0.2) is 5.78 Å². The Kier molecular flexibility index (Phi) is 4.26. The number of carbonyl (C=O) groups excluding carboxylic acids is 1. The van der Waals surface area contributed by atoms with Gasteiger partial charge >= 0.3 is 5.97 Å². The van der Waals surface area contributed by atoms with Crippen molar-refractivity contribution in [3.05, 3.63) is 11.1 Å². The van der Waals surface area contributed by atoms with Gasteiger partial charge in [-0.05, 0) is 18.3 Å². The number of carboxylic acids is 1. The van der Waals surface area contributed by atoms with Crippen molar-refractivity contribution in [1.29, 1.82) is 0 Å². The highest BCUT2D eigenvalue weighted by Gasteiger charge is 2.30. The topological polar surface area (TPSA) is 54.4 Å². The van der Waals surface area contributed by atoms with E-state index in [4.69, 9.17) is 5.11 Å². The minimum absolute atomic E-state index is 0.0622. The van der Waals surface area contributed by atoms with Crippen LogP contribution in [-0.4, -0.2) is 16.9 Å². The van der Waals surface area contributed by atoms with E-state index in [-0.39, 0.29) is 17.3 Å². The first-order chi connectivity index (χ1) is 6.59. The van der Waals surface area contributed by atoms with Gasteiger partial charge in [-0.25, -0.2) is 4.79 Å². The first kappa shape index (κ1) is 13.9. The van der Waals surface area contributed by atoms with E-state index in [2.05, 4.69) is 0 Å². The molecule has 0 saturated carbocycles. The van der Waals surface area contributed by atoms with E-state index in [9.17, 15) is 9.59 Å². The molecule has 0 aliphatic heterocycles. The van der Waals surface area contributed by atoms with E-state index < -0.39 is 11.4 Å². The molecule has 0 unspecified atom stereocenters. The van der Waals surface area contributed by atoms with Crippen molar-refractivity contribution >= 4 is 11.8 Å². The van der Waals surface area contributed by atoms with Gasteiger partial charge < -0.3 is 5.11 Å². The summed E-state index contributed by atoms with van der Waals surface area (Å²) in [5.74, 6) is -1.22. The van der Waals surface area contributed by atoms with Crippen LogP contribution in [0.4, 0.5) is 0 Å². The molecule has 0 heterocycles. The minimum atomic E-state index is -0.999. The van der Waals surface area contributed by atoms with Crippen LogP contribution in [0.5, 0.6) is 0 Å². The van der Waals surface area contributed by atoms with E-state index in [1.165, 1.54) is 6.92 Å². The molecule has 0 radical (unpaired) electrons. The Hall–Kier alpha value is -1.12. The number of aliphatic carboxylic acids is 1. The van der Waals surface area contributed by atoms with Gasteiger partial charge in [0.05, 0.1) is 0 Å². The average molecular weight is 212 g/mol. The third-order valence-corrected chi connectivity index (χ3v) is 2.19. The summed E-state index contributed by atoms with van der Waals surface area (Å²) < 4.78 is 0. The molecule has 0 aromatic rings. The fourth-order valence-electron chi connectivity index (χ4n) is 1.71. The molecule has 0 atom stereocenters. The second-order valence-electron chi connectivity index (χ2n) is 5.05. The standard InChI is InChI=1S/C12H20O3/c1-7(2)9(8(3)13)10(11(14)15)12(4,5)6/h7H,1-6H3,(H,14,15)/b10-9+. The fraction of sp³-hybridized carbons (Fsp3) is 0.667. The van der Waals surface area contributed by atoms with E-state index in [1.54, 1.807) is 0 Å². The molecule has 0 fully saturated rings. The number of carbonyl (C=O) groups is 2. The molecular formula is C12H20O3. The molecule has 0 aliphatic rings. The Labute approximate surface area is 91.2 Å². The number of rotatable bonds is 3. The second-order valence-corrected chi connectivity index (χ2v) is 5.05. The van der Waals surface area contributed by atoms with Crippen LogP contribution in [0.25, 0.3) is 0 Å². The molecule has 0 rings (SSSR count). The second kappa shape index (κ2) is 4.60. The molecular weight excluding hydrogens is 192 g/mol. The van der Waals surface area contributed by atoms with Crippen LogP contribution in [0.2, 0.25) is 0 Å². The number of hydrogen-bond donors (Lipinski definition) is 1. The zero-order chi connectivity index (χ0) is 12.4. The first-order valence-electron chi connectivity index (χ1n) is 5.08. The number of carboxylic acid groups (broad SMARTS) is 1. The van der Waals surface area contributed by atoms with Gasteiger partial charge in [0.2, 0.25) is 0 Å². The highest BCUT2D eigenvalue weighted by Crippen LogP contribution is 2.31. The average Bonchev–Trinajstić information content (AvgIpc) is 1.94. The minimum Gasteiger partial charge on any atom is -0.478 e. The number of allylic oxidation sites excluding steroid dienone is 1. The summed E-state index contributed by atoms with van der Waals surface area (Å²) in [6, 6.07) is 0. The Balaban J connectivity index is 5.81. The molecule has 0 bridgehead atoms. The Morgan fingerprint density at radius 2 is 1.53 bits per heavy atom. The molecule has 0 aromatic heterocycles. The maximum atomic E-state index is 11.5. The molecule has 0 aromatic carbocycles. The Morgan fingerprint density at radius 1 is 1.13 bits per heavy atom. The van der Waals surface area contributed by atoms with Gasteiger partial charge in [-0.15, -0.1) is 0 Å².